The summed E-state index contributed by atoms with van der Waals surface area (Å²) in [4.78, 5) is 17.5. The number of anilines is 1. The molecule has 5 nitrogen and oxygen atoms in total. The van der Waals surface area contributed by atoms with Gasteiger partial charge in [-0.1, -0.05) is 23.4 Å². The number of carbonyl (C=O) groups is 1. The van der Waals surface area contributed by atoms with E-state index in [1.54, 1.807) is 23.9 Å². The molecule has 0 bridgehead atoms. The molecule has 0 saturated heterocycles. The maximum atomic E-state index is 13.0. The van der Waals surface area contributed by atoms with Crippen molar-refractivity contribution < 1.29 is 13.7 Å². The van der Waals surface area contributed by atoms with Crippen molar-refractivity contribution >= 4 is 23.4 Å². The highest BCUT2D eigenvalue weighted by Gasteiger charge is 2.12. The third-order valence-electron chi connectivity index (χ3n) is 3.65. The highest BCUT2D eigenvalue weighted by atomic mass is 32.2. The van der Waals surface area contributed by atoms with Crippen LogP contribution in [0.1, 0.15) is 12.3 Å². The summed E-state index contributed by atoms with van der Waals surface area (Å²) in [5.74, 6) is 1.03. The van der Waals surface area contributed by atoms with E-state index < -0.39 is 0 Å². The molecule has 1 heterocycles. The number of carbonyl (C=O) groups excluding carboxylic acids is 1. The molecule has 0 atom stereocenters. The van der Waals surface area contributed by atoms with Gasteiger partial charge in [-0.15, -0.1) is 18.3 Å². The van der Waals surface area contributed by atoms with Crippen LogP contribution in [-0.4, -0.2) is 21.8 Å². The molecule has 1 N–H and O–H groups in total. The van der Waals surface area contributed by atoms with Crippen molar-refractivity contribution in [1.82, 2.24) is 10.1 Å². The van der Waals surface area contributed by atoms with Gasteiger partial charge < -0.3 is 9.84 Å². The molecular weight excluding hydrogens is 365 g/mol. The van der Waals surface area contributed by atoms with Crippen molar-refractivity contribution in [1.29, 1.82) is 0 Å². The molecule has 138 valence electrons. The standard InChI is InChI=1S/C20H18FN3O2S/c1-2-13-27-17-6-4-3-5-16(17)22-18(25)11-12-19-23-20(24-26-19)14-7-9-15(21)10-8-14/h2-10H,1,11-13H2,(H,22,25). The Morgan fingerprint density at radius 3 is 2.78 bits per heavy atom. The summed E-state index contributed by atoms with van der Waals surface area (Å²) in [6, 6.07) is 13.4. The highest BCUT2D eigenvalue weighted by molar-refractivity contribution is 7.99. The topological polar surface area (TPSA) is 68.0 Å². The third-order valence-corrected chi connectivity index (χ3v) is 4.72. The van der Waals surface area contributed by atoms with E-state index in [9.17, 15) is 9.18 Å². The van der Waals surface area contributed by atoms with Crippen LogP contribution >= 0.6 is 11.8 Å². The zero-order valence-electron chi connectivity index (χ0n) is 14.5. The summed E-state index contributed by atoms with van der Waals surface area (Å²) >= 11 is 1.61. The molecule has 2 aromatic carbocycles. The van der Waals surface area contributed by atoms with E-state index in [1.165, 1.54) is 12.1 Å². The lowest BCUT2D eigenvalue weighted by molar-refractivity contribution is -0.116. The Bertz CT molecular complexity index is 925. The van der Waals surface area contributed by atoms with Crippen LogP contribution in [-0.2, 0) is 11.2 Å². The van der Waals surface area contributed by atoms with Crippen LogP contribution in [0.25, 0.3) is 11.4 Å². The Morgan fingerprint density at radius 2 is 2.00 bits per heavy atom. The number of aryl methyl sites for hydroxylation is 1. The molecule has 0 aliphatic heterocycles. The molecule has 1 amide bonds. The molecule has 0 saturated carbocycles. The van der Waals surface area contributed by atoms with E-state index in [0.717, 1.165) is 16.3 Å². The number of nitrogens with one attached hydrogen (secondary N) is 1. The summed E-state index contributed by atoms with van der Waals surface area (Å²) in [7, 11) is 0. The van der Waals surface area contributed by atoms with Gasteiger partial charge >= 0.3 is 0 Å². The van der Waals surface area contributed by atoms with Crippen molar-refractivity contribution in [2.45, 2.75) is 17.7 Å². The number of para-hydroxylation sites is 1. The fourth-order valence-corrected chi connectivity index (χ4v) is 3.10. The van der Waals surface area contributed by atoms with E-state index in [-0.39, 0.29) is 18.1 Å². The van der Waals surface area contributed by atoms with Gasteiger partial charge in [-0.05, 0) is 36.4 Å². The molecule has 27 heavy (non-hydrogen) atoms. The normalized spacial score (nSPS) is 10.6. The number of halogens is 1. The number of amides is 1. The molecule has 3 rings (SSSR count). The minimum absolute atomic E-state index is 0.136. The van der Waals surface area contributed by atoms with Gasteiger partial charge in [0.15, 0.2) is 0 Å². The number of rotatable bonds is 8. The first-order chi connectivity index (χ1) is 13.2. The van der Waals surface area contributed by atoms with Crippen LogP contribution in [0.2, 0.25) is 0 Å². The minimum atomic E-state index is -0.328. The molecular formula is C20H18FN3O2S. The molecule has 7 heteroatoms. The predicted molar refractivity (Wildman–Crippen MR) is 104 cm³/mol. The van der Waals surface area contributed by atoms with Gasteiger partial charge in [0.05, 0.1) is 5.69 Å². The molecule has 0 spiro atoms. The first-order valence-electron chi connectivity index (χ1n) is 8.37. The Kier molecular flexibility index (Phi) is 6.38. The highest BCUT2D eigenvalue weighted by Crippen LogP contribution is 2.27. The maximum Gasteiger partial charge on any atom is 0.227 e. The van der Waals surface area contributed by atoms with Crippen LogP contribution in [0.15, 0.2) is 70.6 Å². The first kappa shape index (κ1) is 18.8. The van der Waals surface area contributed by atoms with E-state index in [0.29, 0.717) is 23.7 Å². The van der Waals surface area contributed by atoms with E-state index in [2.05, 4.69) is 22.0 Å². The predicted octanol–water partition coefficient (Wildman–Crippen LogP) is 4.73. The van der Waals surface area contributed by atoms with Gasteiger partial charge in [-0.25, -0.2) is 4.39 Å². The molecule has 0 radical (unpaired) electrons. The number of thioether (sulfide) groups is 1. The number of nitrogens with zero attached hydrogens (tertiary/aromatic N) is 2. The minimum Gasteiger partial charge on any atom is -0.339 e. The zero-order chi connectivity index (χ0) is 19.1. The molecule has 0 aliphatic carbocycles. The summed E-state index contributed by atoms with van der Waals surface area (Å²) in [5, 5.41) is 6.78. The van der Waals surface area contributed by atoms with Crippen molar-refractivity contribution in [2.75, 3.05) is 11.1 Å². The number of hydrogen-bond acceptors (Lipinski definition) is 5. The summed E-state index contributed by atoms with van der Waals surface area (Å²) in [5.41, 5.74) is 1.43. The average Bonchev–Trinajstić information content (AvgIpc) is 3.15. The lowest BCUT2D eigenvalue weighted by Gasteiger charge is -2.09. The van der Waals surface area contributed by atoms with Gasteiger partial charge in [-0.2, -0.15) is 4.98 Å². The Hall–Kier alpha value is -2.93. The third kappa shape index (κ3) is 5.27. The van der Waals surface area contributed by atoms with Gasteiger partial charge in [0.25, 0.3) is 0 Å². The number of hydrogen-bond donors (Lipinski definition) is 1. The smallest absolute Gasteiger partial charge is 0.227 e. The fourth-order valence-electron chi connectivity index (χ4n) is 2.35. The molecule has 0 fully saturated rings. The average molecular weight is 383 g/mol. The van der Waals surface area contributed by atoms with Crippen LogP contribution in [0.5, 0.6) is 0 Å². The zero-order valence-corrected chi connectivity index (χ0v) is 15.3. The van der Waals surface area contributed by atoms with Crippen molar-refractivity contribution in [3.63, 3.8) is 0 Å². The molecule has 1 aromatic heterocycles. The van der Waals surface area contributed by atoms with Crippen LogP contribution < -0.4 is 5.32 Å². The van der Waals surface area contributed by atoms with Gasteiger partial charge in [-0.3, -0.25) is 4.79 Å². The van der Waals surface area contributed by atoms with Crippen molar-refractivity contribution in [3.8, 4) is 11.4 Å². The van der Waals surface area contributed by atoms with E-state index >= 15 is 0 Å². The Balaban J connectivity index is 1.57. The Labute approximate surface area is 160 Å². The van der Waals surface area contributed by atoms with E-state index in [4.69, 9.17) is 4.52 Å². The van der Waals surface area contributed by atoms with Gasteiger partial charge in [0.1, 0.15) is 5.82 Å². The quantitative estimate of drug-likeness (QED) is 0.450. The second kappa shape index (κ2) is 9.14. The van der Waals surface area contributed by atoms with Crippen LogP contribution in [0.4, 0.5) is 10.1 Å². The molecule has 0 unspecified atom stereocenters. The van der Waals surface area contributed by atoms with Crippen molar-refractivity contribution in [2.24, 2.45) is 0 Å². The van der Waals surface area contributed by atoms with Crippen LogP contribution in [0, 0.1) is 5.82 Å². The number of aromatic nitrogens is 2. The maximum absolute atomic E-state index is 13.0. The van der Waals surface area contributed by atoms with Crippen LogP contribution in [0.3, 0.4) is 0 Å². The Morgan fingerprint density at radius 1 is 1.22 bits per heavy atom. The lowest BCUT2D eigenvalue weighted by atomic mass is 10.2. The van der Waals surface area contributed by atoms with Gasteiger partial charge in [0, 0.05) is 29.1 Å². The number of benzene rings is 2. The lowest BCUT2D eigenvalue weighted by Crippen LogP contribution is -2.13. The van der Waals surface area contributed by atoms with E-state index in [1.807, 2.05) is 30.3 Å². The largest absolute Gasteiger partial charge is 0.339 e. The van der Waals surface area contributed by atoms with Gasteiger partial charge in [0.2, 0.25) is 17.6 Å². The second-order valence-electron chi connectivity index (χ2n) is 5.66. The fraction of sp³-hybridized carbons (Fsp3) is 0.150. The summed E-state index contributed by atoms with van der Waals surface area (Å²) in [6.45, 7) is 3.71. The SMILES string of the molecule is C=CCSc1ccccc1NC(=O)CCc1nc(-c2ccc(F)cc2)no1. The summed E-state index contributed by atoms with van der Waals surface area (Å²) < 4.78 is 18.2. The first-order valence-corrected chi connectivity index (χ1v) is 9.35. The second-order valence-corrected chi connectivity index (χ2v) is 6.72. The van der Waals surface area contributed by atoms with Crippen molar-refractivity contribution in [3.05, 3.63) is 72.9 Å². The molecule has 3 aromatic rings. The molecule has 0 aliphatic rings. The monoisotopic (exact) mass is 383 g/mol. The summed E-state index contributed by atoms with van der Waals surface area (Å²) in [6.07, 6.45) is 2.35.